The van der Waals surface area contributed by atoms with E-state index in [-0.39, 0.29) is 11.7 Å². The van der Waals surface area contributed by atoms with Gasteiger partial charge < -0.3 is 10.2 Å². The average Bonchev–Trinajstić information content (AvgIpc) is 2.19. The van der Waals surface area contributed by atoms with Crippen molar-refractivity contribution < 1.29 is 4.92 Å². The molecule has 17 heavy (non-hydrogen) atoms. The van der Waals surface area contributed by atoms with Gasteiger partial charge in [-0.25, -0.2) is 0 Å². The largest absolute Gasteiger partial charge is 0.376 e. The molecular formula is C11H16ClN3O2. The predicted octanol–water partition coefficient (Wildman–Crippen LogP) is 2.61. The van der Waals surface area contributed by atoms with Gasteiger partial charge in [-0.05, 0) is 33.2 Å². The summed E-state index contributed by atoms with van der Waals surface area (Å²) in [5.74, 6) is 0. The van der Waals surface area contributed by atoms with Crippen LogP contribution in [0.1, 0.15) is 6.92 Å². The Balaban J connectivity index is 2.86. The minimum atomic E-state index is -0.434. The van der Waals surface area contributed by atoms with E-state index in [9.17, 15) is 10.1 Å². The van der Waals surface area contributed by atoms with Crippen LogP contribution >= 0.6 is 11.6 Å². The third-order valence-electron chi connectivity index (χ3n) is 2.20. The fourth-order valence-corrected chi connectivity index (χ4v) is 1.80. The Kier molecular flexibility index (Phi) is 4.72. The van der Waals surface area contributed by atoms with Crippen LogP contribution in [0.2, 0.25) is 5.02 Å². The fraction of sp³-hybridized carbons (Fsp3) is 0.455. The zero-order chi connectivity index (χ0) is 13.0. The monoisotopic (exact) mass is 257 g/mol. The Morgan fingerprint density at radius 3 is 2.71 bits per heavy atom. The summed E-state index contributed by atoms with van der Waals surface area (Å²) in [6.07, 6.45) is 0. The van der Waals surface area contributed by atoms with Gasteiger partial charge in [-0.1, -0.05) is 11.6 Å². The van der Waals surface area contributed by atoms with Crippen molar-refractivity contribution in [2.75, 3.05) is 26.0 Å². The van der Waals surface area contributed by atoms with Gasteiger partial charge in [-0.2, -0.15) is 0 Å². The van der Waals surface area contributed by atoms with Crippen molar-refractivity contribution in [2.24, 2.45) is 0 Å². The van der Waals surface area contributed by atoms with Gasteiger partial charge in [0, 0.05) is 23.7 Å². The molecule has 0 spiro atoms. The van der Waals surface area contributed by atoms with E-state index < -0.39 is 4.92 Å². The zero-order valence-corrected chi connectivity index (χ0v) is 10.9. The van der Waals surface area contributed by atoms with Crippen LogP contribution in [0.15, 0.2) is 18.2 Å². The number of hydrogen-bond donors (Lipinski definition) is 1. The van der Waals surface area contributed by atoms with E-state index in [1.807, 2.05) is 25.9 Å². The van der Waals surface area contributed by atoms with Crippen molar-refractivity contribution in [1.82, 2.24) is 4.90 Å². The molecule has 0 amide bonds. The zero-order valence-electron chi connectivity index (χ0n) is 10.1. The molecule has 6 heteroatoms. The summed E-state index contributed by atoms with van der Waals surface area (Å²) >= 11 is 5.74. The SMILES string of the molecule is CC(CN(C)C)Nc1ccc(Cl)cc1[N+](=O)[O-]. The Labute approximate surface area is 106 Å². The summed E-state index contributed by atoms with van der Waals surface area (Å²) in [7, 11) is 3.91. The minimum absolute atomic E-state index is 0.00288. The van der Waals surface area contributed by atoms with Crippen molar-refractivity contribution in [3.63, 3.8) is 0 Å². The van der Waals surface area contributed by atoms with Gasteiger partial charge in [0.2, 0.25) is 0 Å². The van der Waals surface area contributed by atoms with E-state index >= 15 is 0 Å². The summed E-state index contributed by atoms with van der Waals surface area (Å²) in [4.78, 5) is 12.5. The second kappa shape index (κ2) is 5.84. The average molecular weight is 258 g/mol. The number of rotatable bonds is 5. The maximum atomic E-state index is 10.9. The minimum Gasteiger partial charge on any atom is -0.376 e. The quantitative estimate of drug-likeness (QED) is 0.651. The molecule has 0 bridgehead atoms. The molecule has 0 fully saturated rings. The maximum Gasteiger partial charge on any atom is 0.293 e. The number of likely N-dealkylation sites (N-methyl/N-ethyl adjacent to an activating group) is 1. The van der Waals surface area contributed by atoms with Gasteiger partial charge in [-0.15, -0.1) is 0 Å². The number of benzene rings is 1. The van der Waals surface area contributed by atoms with Gasteiger partial charge in [-0.3, -0.25) is 10.1 Å². The summed E-state index contributed by atoms with van der Waals surface area (Å²) in [5.41, 5.74) is 0.497. The highest BCUT2D eigenvalue weighted by Gasteiger charge is 2.16. The van der Waals surface area contributed by atoms with Crippen molar-refractivity contribution in [1.29, 1.82) is 0 Å². The van der Waals surface area contributed by atoms with Gasteiger partial charge >= 0.3 is 0 Å². The van der Waals surface area contributed by atoms with Crippen LogP contribution < -0.4 is 5.32 Å². The highest BCUT2D eigenvalue weighted by molar-refractivity contribution is 6.30. The Morgan fingerprint density at radius 2 is 2.18 bits per heavy atom. The van der Waals surface area contributed by atoms with E-state index in [2.05, 4.69) is 5.32 Å². The van der Waals surface area contributed by atoms with E-state index in [1.54, 1.807) is 12.1 Å². The molecule has 1 N–H and O–H groups in total. The molecule has 1 atom stereocenters. The summed E-state index contributed by atoms with van der Waals surface area (Å²) in [5, 5.41) is 14.3. The first kappa shape index (κ1) is 13.7. The Bertz CT molecular complexity index is 410. The Morgan fingerprint density at radius 1 is 1.53 bits per heavy atom. The molecule has 0 radical (unpaired) electrons. The molecular weight excluding hydrogens is 242 g/mol. The molecule has 5 nitrogen and oxygen atoms in total. The van der Waals surface area contributed by atoms with Gasteiger partial charge in [0.15, 0.2) is 0 Å². The normalized spacial score (nSPS) is 12.5. The number of nitro benzene ring substituents is 1. The lowest BCUT2D eigenvalue weighted by Crippen LogP contribution is -2.29. The molecule has 0 aliphatic heterocycles. The molecule has 0 aromatic heterocycles. The molecule has 0 aliphatic rings. The van der Waals surface area contributed by atoms with Crippen LogP contribution in [-0.2, 0) is 0 Å². The lowest BCUT2D eigenvalue weighted by Gasteiger charge is -2.19. The van der Waals surface area contributed by atoms with Crippen LogP contribution in [-0.4, -0.2) is 36.5 Å². The molecule has 1 aromatic carbocycles. The molecule has 0 aliphatic carbocycles. The summed E-state index contributed by atoms with van der Waals surface area (Å²) < 4.78 is 0. The number of hydrogen-bond acceptors (Lipinski definition) is 4. The molecule has 94 valence electrons. The highest BCUT2D eigenvalue weighted by Crippen LogP contribution is 2.28. The topological polar surface area (TPSA) is 58.4 Å². The number of nitrogens with zero attached hydrogens (tertiary/aromatic N) is 2. The first-order valence-corrected chi connectivity index (χ1v) is 5.63. The summed E-state index contributed by atoms with van der Waals surface area (Å²) in [6.45, 7) is 2.76. The number of nitro groups is 1. The van der Waals surface area contributed by atoms with E-state index in [1.165, 1.54) is 6.07 Å². The van der Waals surface area contributed by atoms with Crippen LogP contribution in [0.25, 0.3) is 0 Å². The number of nitrogens with one attached hydrogen (secondary N) is 1. The second-order valence-electron chi connectivity index (χ2n) is 4.23. The molecule has 1 aromatic rings. The van der Waals surface area contributed by atoms with Crippen molar-refractivity contribution >= 4 is 23.0 Å². The van der Waals surface area contributed by atoms with E-state index in [4.69, 9.17) is 11.6 Å². The van der Waals surface area contributed by atoms with Gasteiger partial charge in [0.25, 0.3) is 5.69 Å². The molecule has 1 rings (SSSR count). The smallest absolute Gasteiger partial charge is 0.293 e. The van der Waals surface area contributed by atoms with Crippen LogP contribution in [0.5, 0.6) is 0 Å². The Hall–Kier alpha value is -1.33. The lowest BCUT2D eigenvalue weighted by atomic mass is 10.2. The fourth-order valence-electron chi connectivity index (χ4n) is 1.64. The number of halogens is 1. The standard InChI is InChI=1S/C11H16ClN3O2/c1-8(7-14(2)3)13-10-5-4-9(12)6-11(10)15(16)17/h4-6,8,13H,7H2,1-3H3. The highest BCUT2D eigenvalue weighted by atomic mass is 35.5. The molecule has 1 unspecified atom stereocenters. The van der Waals surface area contributed by atoms with Crippen LogP contribution in [0, 0.1) is 10.1 Å². The third-order valence-corrected chi connectivity index (χ3v) is 2.43. The van der Waals surface area contributed by atoms with Crippen LogP contribution in [0.3, 0.4) is 0 Å². The molecule has 0 heterocycles. The van der Waals surface area contributed by atoms with Crippen molar-refractivity contribution in [3.05, 3.63) is 33.3 Å². The predicted molar refractivity (Wildman–Crippen MR) is 69.7 cm³/mol. The van der Waals surface area contributed by atoms with Crippen molar-refractivity contribution in [3.8, 4) is 0 Å². The lowest BCUT2D eigenvalue weighted by molar-refractivity contribution is -0.384. The van der Waals surface area contributed by atoms with Crippen LogP contribution in [0.4, 0.5) is 11.4 Å². The molecule has 0 saturated carbocycles. The third kappa shape index (κ3) is 4.20. The first-order chi connectivity index (χ1) is 7.90. The second-order valence-corrected chi connectivity index (χ2v) is 4.66. The van der Waals surface area contributed by atoms with Gasteiger partial charge in [0.1, 0.15) is 5.69 Å². The maximum absolute atomic E-state index is 10.9. The van der Waals surface area contributed by atoms with E-state index in [0.29, 0.717) is 10.7 Å². The van der Waals surface area contributed by atoms with E-state index in [0.717, 1.165) is 6.54 Å². The summed E-state index contributed by atoms with van der Waals surface area (Å²) in [6, 6.07) is 4.74. The van der Waals surface area contributed by atoms with Gasteiger partial charge in [0.05, 0.1) is 4.92 Å². The first-order valence-electron chi connectivity index (χ1n) is 5.25. The molecule has 0 saturated heterocycles. The van der Waals surface area contributed by atoms with Crippen molar-refractivity contribution in [2.45, 2.75) is 13.0 Å². The number of anilines is 1.